The Bertz CT molecular complexity index is 631. The molecule has 1 fully saturated rings. The van der Waals surface area contributed by atoms with Crippen molar-refractivity contribution in [1.29, 1.82) is 5.26 Å². The molecule has 0 aromatic heterocycles. The third-order valence-corrected chi connectivity index (χ3v) is 4.35. The van der Waals surface area contributed by atoms with Gasteiger partial charge in [0.15, 0.2) is 0 Å². The quantitative estimate of drug-likeness (QED) is 0.658. The fourth-order valence-corrected chi connectivity index (χ4v) is 2.19. The summed E-state index contributed by atoms with van der Waals surface area (Å²) in [4.78, 5) is 0. The summed E-state index contributed by atoms with van der Waals surface area (Å²) in [6, 6.07) is 7.23. The van der Waals surface area contributed by atoms with Crippen molar-refractivity contribution in [3.63, 3.8) is 0 Å². The molecule has 1 aliphatic heterocycles. The number of nitrogens with zero attached hydrogens (tertiary/aromatic N) is 1. The van der Waals surface area contributed by atoms with Crippen molar-refractivity contribution in [1.82, 2.24) is 0 Å². The molecule has 2 rings (SSSR count). The molecule has 4 N–H and O–H groups in total. The minimum absolute atomic E-state index is 0.285. The molecular formula is C16H22BN3O2. The molecule has 0 atom stereocenters. The largest absolute Gasteiger partial charge is 0.491 e. The summed E-state index contributed by atoms with van der Waals surface area (Å²) in [6.45, 7) is 8.25. The lowest BCUT2D eigenvalue weighted by atomic mass is 9.77. The van der Waals surface area contributed by atoms with Crippen LogP contribution in [0.25, 0.3) is 6.08 Å². The van der Waals surface area contributed by atoms with Gasteiger partial charge < -0.3 is 20.8 Å². The van der Waals surface area contributed by atoms with Crippen LogP contribution in [0.1, 0.15) is 38.8 Å². The summed E-state index contributed by atoms with van der Waals surface area (Å²) in [5.41, 5.74) is 13.7. The van der Waals surface area contributed by atoms with Crippen LogP contribution in [0.4, 0.5) is 5.69 Å². The molecule has 22 heavy (non-hydrogen) atoms. The Balaban J connectivity index is 2.36. The summed E-state index contributed by atoms with van der Waals surface area (Å²) in [7, 11) is -0.514. The van der Waals surface area contributed by atoms with Gasteiger partial charge in [-0.2, -0.15) is 5.26 Å². The van der Waals surface area contributed by atoms with Crippen LogP contribution in [-0.4, -0.2) is 24.9 Å². The standard InChI is InChI=1S/C16H22BN3O2/c1-15(2)16(3,4)22-17(21-15)13(10-19)8-12-7-11(9-18)5-6-14(12)20/h5-8H,10,19-20H2,1-4H3. The Kier molecular flexibility index (Phi) is 4.34. The Morgan fingerprint density at radius 1 is 1.27 bits per heavy atom. The number of anilines is 1. The lowest BCUT2D eigenvalue weighted by molar-refractivity contribution is 0.00578. The number of rotatable bonds is 3. The van der Waals surface area contributed by atoms with Crippen molar-refractivity contribution < 1.29 is 9.31 Å². The second kappa shape index (κ2) is 5.77. The highest BCUT2D eigenvalue weighted by atomic mass is 16.7. The molecule has 1 heterocycles. The summed E-state index contributed by atoms with van der Waals surface area (Å²) in [5, 5.41) is 9.01. The van der Waals surface area contributed by atoms with Crippen LogP contribution >= 0.6 is 0 Å². The van der Waals surface area contributed by atoms with Crippen molar-refractivity contribution in [3.8, 4) is 6.07 Å². The second-order valence-corrected chi connectivity index (χ2v) is 6.47. The van der Waals surface area contributed by atoms with Crippen LogP contribution in [0.2, 0.25) is 0 Å². The molecule has 116 valence electrons. The monoisotopic (exact) mass is 299 g/mol. The van der Waals surface area contributed by atoms with Gasteiger partial charge in [0.1, 0.15) is 0 Å². The van der Waals surface area contributed by atoms with Crippen molar-refractivity contribution in [2.24, 2.45) is 5.73 Å². The minimum atomic E-state index is -0.514. The molecule has 1 aromatic carbocycles. The van der Waals surface area contributed by atoms with Gasteiger partial charge in [0.2, 0.25) is 0 Å². The smallest absolute Gasteiger partial charge is 0.400 e. The number of nitrogens with two attached hydrogens (primary N) is 2. The van der Waals surface area contributed by atoms with E-state index in [-0.39, 0.29) is 6.54 Å². The third-order valence-electron chi connectivity index (χ3n) is 4.35. The van der Waals surface area contributed by atoms with E-state index in [1.54, 1.807) is 18.2 Å². The first-order valence-corrected chi connectivity index (χ1v) is 7.26. The highest BCUT2D eigenvalue weighted by Crippen LogP contribution is 2.38. The minimum Gasteiger partial charge on any atom is -0.400 e. The van der Waals surface area contributed by atoms with Crippen LogP contribution < -0.4 is 11.5 Å². The molecule has 0 bridgehead atoms. The van der Waals surface area contributed by atoms with Crippen LogP contribution in [-0.2, 0) is 9.31 Å². The average Bonchev–Trinajstić information content (AvgIpc) is 2.66. The molecule has 0 spiro atoms. The number of hydrogen-bond acceptors (Lipinski definition) is 5. The predicted molar refractivity (Wildman–Crippen MR) is 88.7 cm³/mol. The third kappa shape index (κ3) is 3.02. The lowest BCUT2D eigenvalue weighted by Gasteiger charge is -2.32. The highest BCUT2D eigenvalue weighted by Gasteiger charge is 2.52. The second-order valence-electron chi connectivity index (χ2n) is 6.47. The maximum absolute atomic E-state index is 9.01. The van der Waals surface area contributed by atoms with Gasteiger partial charge in [-0.1, -0.05) is 6.08 Å². The van der Waals surface area contributed by atoms with E-state index in [1.807, 2.05) is 33.8 Å². The summed E-state index contributed by atoms with van der Waals surface area (Å²) >= 11 is 0. The van der Waals surface area contributed by atoms with E-state index in [1.165, 1.54) is 0 Å². The molecule has 1 aromatic rings. The van der Waals surface area contributed by atoms with Crippen LogP contribution in [0.5, 0.6) is 0 Å². The average molecular weight is 299 g/mol. The first-order valence-electron chi connectivity index (χ1n) is 7.26. The molecule has 6 heteroatoms. The Labute approximate surface area is 132 Å². The van der Waals surface area contributed by atoms with Crippen molar-refractivity contribution in [3.05, 3.63) is 34.8 Å². The number of nitrogen functional groups attached to an aromatic ring is 1. The summed E-state index contributed by atoms with van der Waals surface area (Å²) < 4.78 is 12.0. The van der Waals surface area contributed by atoms with Crippen LogP contribution in [0.15, 0.2) is 23.7 Å². The van der Waals surface area contributed by atoms with Crippen LogP contribution in [0, 0.1) is 11.3 Å². The first kappa shape index (κ1) is 16.6. The SMILES string of the molecule is CC1(C)OB(C(=Cc2cc(C#N)ccc2N)CN)OC1(C)C. The molecule has 1 aliphatic rings. The van der Waals surface area contributed by atoms with E-state index in [0.717, 1.165) is 11.0 Å². The van der Waals surface area contributed by atoms with Crippen LogP contribution in [0.3, 0.4) is 0 Å². The van der Waals surface area contributed by atoms with Gasteiger partial charge in [-0.3, -0.25) is 0 Å². The van der Waals surface area contributed by atoms with E-state index < -0.39 is 18.3 Å². The normalized spacial score (nSPS) is 20.0. The van der Waals surface area contributed by atoms with Crippen molar-refractivity contribution in [2.75, 3.05) is 12.3 Å². The molecule has 0 unspecified atom stereocenters. The number of benzene rings is 1. The van der Waals surface area contributed by atoms with E-state index in [2.05, 4.69) is 6.07 Å². The Morgan fingerprint density at radius 2 is 1.86 bits per heavy atom. The van der Waals surface area contributed by atoms with E-state index in [0.29, 0.717) is 11.3 Å². The maximum Gasteiger partial charge on any atom is 0.491 e. The zero-order valence-electron chi connectivity index (χ0n) is 13.5. The van der Waals surface area contributed by atoms with Crippen molar-refractivity contribution >= 4 is 18.9 Å². The van der Waals surface area contributed by atoms with Gasteiger partial charge in [-0.15, -0.1) is 0 Å². The van der Waals surface area contributed by atoms with Crippen molar-refractivity contribution in [2.45, 2.75) is 38.9 Å². The first-order chi connectivity index (χ1) is 10.2. The fourth-order valence-electron chi connectivity index (χ4n) is 2.19. The topological polar surface area (TPSA) is 94.3 Å². The molecule has 1 saturated heterocycles. The van der Waals surface area contributed by atoms with Gasteiger partial charge in [0.05, 0.1) is 22.8 Å². The van der Waals surface area contributed by atoms with Gasteiger partial charge in [0, 0.05) is 12.2 Å². The summed E-state index contributed by atoms with van der Waals surface area (Å²) in [6.07, 6.45) is 1.85. The zero-order valence-corrected chi connectivity index (χ0v) is 13.5. The molecule has 5 nitrogen and oxygen atoms in total. The summed E-state index contributed by atoms with van der Waals surface area (Å²) in [5.74, 6) is 0. The van der Waals surface area contributed by atoms with Gasteiger partial charge in [-0.05, 0) is 56.9 Å². The molecule has 0 aliphatic carbocycles. The molecule has 0 amide bonds. The molecule has 0 saturated carbocycles. The van der Waals surface area contributed by atoms with Gasteiger partial charge in [0.25, 0.3) is 0 Å². The van der Waals surface area contributed by atoms with E-state index in [4.69, 9.17) is 26.0 Å². The Hall–Kier alpha value is -1.81. The van der Waals surface area contributed by atoms with Gasteiger partial charge in [-0.25, -0.2) is 0 Å². The highest BCUT2D eigenvalue weighted by molar-refractivity contribution is 6.56. The van der Waals surface area contributed by atoms with E-state index in [9.17, 15) is 0 Å². The Morgan fingerprint density at radius 3 is 2.36 bits per heavy atom. The zero-order chi connectivity index (χ0) is 16.5. The molecular weight excluding hydrogens is 277 g/mol. The number of nitriles is 1. The fraction of sp³-hybridized carbons (Fsp3) is 0.438. The predicted octanol–water partition coefficient (Wildman–Crippen LogP) is 2.11. The maximum atomic E-state index is 9.01. The molecule has 0 radical (unpaired) electrons. The van der Waals surface area contributed by atoms with Gasteiger partial charge >= 0.3 is 7.12 Å². The lowest BCUT2D eigenvalue weighted by Crippen LogP contribution is -2.41. The number of hydrogen-bond donors (Lipinski definition) is 2. The van der Waals surface area contributed by atoms with E-state index >= 15 is 0 Å².